The Morgan fingerprint density at radius 2 is 2.05 bits per heavy atom. The van der Waals surface area contributed by atoms with Crippen LogP contribution in [-0.4, -0.2) is 15.5 Å². The standard InChI is InChI=1S/C14H9BrN2O3S/c15-9-1-3-10(4-2-9)20-12(18)7-17-8-16-13-11(14(17)19)5-6-21-13/h1-6,8H,7H2. The van der Waals surface area contributed by atoms with Crippen LogP contribution in [0.15, 0.2) is 51.3 Å². The van der Waals surface area contributed by atoms with Gasteiger partial charge < -0.3 is 4.74 Å². The Balaban J connectivity index is 1.78. The number of halogens is 1. The summed E-state index contributed by atoms with van der Waals surface area (Å²) < 4.78 is 7.32. The Morgan fingerprint density at radius 3 is 2.81 bits per heavy atom. The number of carbonyl (C=O) groups excluding carboxylic acids is 1. The summed E-state index contributed by atoms with van der Waals surface area (Å²) in [6.45, 7) is -0.173. The minimum atomic E-state index is -0.518. The van der Waals surface area contributed by atoms with Crippen LogP contribution in [0, 0.1) is 0 Å². The first kappa shape index (κ1) is 14.0. The number of ether oxygens (including phenoxy) is 1. The molecule has 0 aliphatic heterocycles. The van der Waals surface area contributed by atoms with Crippen LogP contribution in [0.25, 0.3) is 10.2 Å². The molecule has 2 aromatic heterocycles. The molecular formula is C14H9BrN2O3S. The number of thiophene rings is 1. The average molecular weight is 365 g/mol. The topological polar surface area (TPSA) is 61.2 Å². The van der Waals surface area contributed by atoms with E-state index in [4.69, 9.17) is 4.74 Å². The van der Waals surface area contributed by atoms with E-state index in [2.05, 4.69) is 20.9 Å². The maximum Gasteiger partial charge on any atom is 0.331 e. The fraction of sp³-hybridized carbons (Fsp3) is 0.0714. The van der Waals surface area contributed by atoms with Crippen molar-refractivity contribution in [3.05, 3.63) is 56.9 Å². The third kappa shape index (κ3) is 3.03. The molecule has 21 heavy (non-hydrogen) atoms. The fourth-order valence-electron chi connectivity index (χ4n) is 1.81. The molecule has 0 amide bonds. The van der Waals surface area contributed by atoms with E-state index in [-0.39, 0.29) is 12.1 Å². The number of hydrogen-bond acceptors (Lipinski definition) is 5. The van der Waals surface area contributed by atoms with Gasteiger partial charge in [0, 0.05) is 4.47 Å². The van der Waals surface area contributed by atoms with E-state index in [1.165, 1.54) is 22.2 Å². The van der Waals surface area contributed by atoms with E-state index >= 15 is 0 Å². The number of benzene rings is 1. The summed E-state index contributed by atoms with van der Waals surface area (Å²) in [7, 11) is 0. The van der Waals surface area contributed by atoms with Crippen molar-refractivity contribution in [1.82, 2.24) is 9.55 Å². The van der Waals surface area contributed by atoms with E-state index in [0.717, 1.165) is 4.47 Å². The van der Waals surface area contributed by atoms with Crippen LogP contribution in [0.4, 0.5) is 0 Å². The molecule has 0 aliphatic carbocycles. The van der Waals surface area contributed by atoms with Gasteiger partial charge in [-0.25, -0.2) is 9.78 Å². The molecule has 3 aromatic rings. The zero-order chi connectivity index (χ0) is 14.8. The quantitative estimate of drug-likeness (QED) is 0.529. The van der Waals surface area contributed by atoms with Crippen molar-refractivity contribution < 1.29 is 9.53 Å². The second-order valence-electron chi connectivity index (χ2n) is 4.25. The molecule has 0 fully saturated rings. The molecule has 3 rings (SSSR count). The zero-order valence-electron chi connectivity index (χ0n) is 10.7. The van der Waals surface area contributed by atoms with Crippen LogP contribution in [0.2, 0.25) is 0 Å². The second kappa shape index (κ2) is 5.79. The van der Waals surface area contributed by atoms with Crippen molar-refractivity contribution in [1.29, 1.82) is 0 Å². The first-order valence-electron chi connectivity index (χ1n) is 6.02. The zero-order valence-corrected chi connectivity index (χ0v) is 13.1. The number of rotatable bonds is 3. The van der Waals surface area contributed by atoms with Crippen molar-refractivity contribution in [2.75, 3.05) is 0 Å². The van der Waals surface area contributed by atoms with Gasteiger partial charge in [0.1, 0.15) is 17.1 Å². The van der Waals surface area contributed by atoms with Gasteiger partial charge in [-0.3, -0.25) is 9.36 Å². The molecule has 0 aliphatic rings. The minimum absolute atomic E-state index is 0.173. The molecule has 0 radical (unpaired) electrons. The van der Waals surface area contributed by atoms with Gasteiger partial charge >= 0.3 is 5.97 Å². The molecule has 0 saturated heterocycles. The van der Waals surface area contributed by atoms with Crippen LogP contribution in [0.5, 0.6) is 5.75 Å². The Morgan fingerprint density at radius 1 is 1.29 bits per heavy atom. The molecule has 0 saturated carbocycles. The lowest BCUT2D eigenvalue weighted by Gasteiger charge is -2.06. The van der Waals surface area contributed by atoms with E-state index in [1.807, 2.05) is 0 Å². The summed E-state index contributed by atoms with van der Waals surface area (Å²) >= 11 is 4.69. The number of aromatic nitrogens is 2. The van der Waals surface area contributed by atoms with E-state index in [1.54, 1.807) is 35.7 Å². The molecular weight excluding hydrogens is 356 g/mol. The number of nitrogens with zero attached hydrogens (tertiary/aromatic N) is 2. The number of hydrogen-bond donors (Lipinski definition) is 0. The second-order valence-corrected chi connectivity index (χ2v) is 6.06. The van der Waals surface area contributed by atoms with E-state index in [9.17, 15) is 9.59 Å². The van der Waals surface area contributed by atoms with E-state index < -0.39 is 5.97 Å². The highest BCUT2D eigenvalue weighted by Crippen LogP contribution is 2.16. The Kier molecular flexibility index (Phi) is 3.85. The van der Waals surface area contributed by atoms with E-state index in [0.29, 0.717) is 16.0 Å². The SMILES string of the molecule is O=C(Cn1cnc2sccc2c1=O)Oc1ccc(Br)cc1. The largest absolute Gasteiger partial charge is 0.425 e. The van der Waals surface area contributed by atoms with Crippen LogP contribution >= 0.6 is 27.3 Å². The molecule has 1 aromatic carbocycles. The van der Waals surface area contributed by atoms with Gasteiger partial charge in [-0.15, -0.1) is 11.3 Å². The number of esters is 1. The summed E-state index contributed by atoms with van der Waals surface area (Å²) in [5.74, 6) is -0.0865. The number of fused-ring (bicyclic) bond motifs is 1. The summed E-state index contributed by atoms with van der Waals surface area (Å²) in [5.41, 5.74) is -0.242. The summed E-state index contributed by atoms with van der Waals surface area (Å²) in [6.07, 6.45) is 1.37. The minimum Gasteiger partial charge on any atom is -0.425 e. The molecule has 2 heterocycles. The van der Waals surface area contributed by atoms with Gasteiger partial charge in [-0.05, 0) is 35.7 Å². The van der Waals surface area contributed by atoms with Gasteiger partial charge in [0.15, 0.2) is 0 Å². The molecule has 5 nitrogen and oxygen atoms in total. The summed E-state index contributed by atoms with van der Waals surface area (Å²) in [5, 5.41) is 2.31. The molecule has 106 valence electrons. The monoisotopic (exact) mass is 364 g/mol. The lowest BCUT2D eigenvalue weighted by molar-refractivity contribution is -0.135. The van der Waals surface area contributed by atoms with Crippen LogP contribution in [0.3, 0.4) is 0 Å². The molecule has 0 N–H and O–H groups in total. The lowest BCUT2D eigenvalue weighted by atomic mass is 10.3. The van der Waals surface area contributed by atoms with Crippen LogP contribution in [-0.2, 0) is 11.3 Å². The van der Waals surface area contributed by atoms with Gasteiger partial charge in [-0.2, -0.15) is 0 Å². The lowest BCUT2D eigenvalue weighted by Crippen LogP contribution is -2.26. The number of carbonyl (C=O) groups is 1. The van der Waals surface area contributed by atoms with Crippen molar-refractivity contribution in [2.24, 2.45) is 0 Å². The Bertz CT molecular complexity index is 855. The van der Waals surface area contributed by atoms with Crippen molar-refractivity contribution in [2.45, 2.75) is 6.54 Å². The highest BCUT2D eigenvalue weighted by Gasteiger charge is 2.10. The van der Waals surface area contributed by atoms with Gasteiger partial charge in [0.2, 0.25) is 0 Å². The Hall–Kier alpha value is -1.99. The molecule has 0 spiro atoms. The fourth-order valence-corrected chi connectivity index (χ4v) is 2.80. The highest BCUT2D eigenvalue weighted by molar-refractivity contribution is 9.10. The van der Waals surface area contributed by atoms with Gasteiger partial charge in [0.25, 0.3) is 5.56 Å². The third-order valence-corrected chi connectivity index (χ3v) is 4.14. The summed E-state index contributed by atoms with van der Waals surface area (Å²) in [4.78, 5) is 28.8. The third-order valence-electron chi connectivity index (χ3n) is 2.80. The first-order chi connectivity index (χ1) is 10.1. The predicted octanol–water partition coefficient (Wildman–Crippen LogP) is 2.83. The van der Waals surface area contributed by atoms with Gasteiger partial charge in [0.05, 0.1) is 11.7 Å². The van der Waals surface area contributed by atoms with Crippen molar-refractivity contribution >= 4 is 43.5 Å². The first-order valence-corrected chi connectivity index (χ1v) is 7.69. The summed E-state index contributed by atoms with van der Waals surface area (Å²) in [6, 6.07) is 8.59. The Labute approximate surface area is 131 Å². The smallest absolute Gasteiger partial charge is 0.331 e. The maximum atomic E-state index is 12.1. The normalized spacial score (nSPS) is 10.7. The molecule has 0 bridgehead atoms. The van der Waals surface area contributed by atoms with Crippen LogP contribution < -0.4 is 10.3 Å². The molecule has 0 atom stereocenters. The average Bonchev–Trinajstić information content (AvgIpc) is 2.94. The highest BCUT2D eigenvalue weighted by atomic mass is 79.9. The van der Waals surface area contributed by atoms with Crippen molar-refractivity contribution in [3.8, 4) is 5.75 Å². The maximum absolute atomic E-state index is 12.1. The predicted molar refractivity (Wildman–Crippen MR) is 83.7 cm³/mol. The molecule has 7 heteroatoms. The van der Waals surface area contributed by atoms with Crippen LogP contribution in [0.1, 0.15) is 0 Å². The van der Waals surface area contributed by atoms with Crippen molar-refractivity contribution in [3.63, 3.8) is 0 Å². The van der Waals surface area contributed by atoms with Gasteiger partial charge in [-0.1, -0.05) is 15.9 Å². The molecule has 0 unspecified atom stereocenters.